The molecule has 40 heavy (non-hydrogen) atoms. The number of allylic oxidation sites excluding steroid dienone is 3. The Hall–Kier alpha value is -3.67. The summed E-state index contributed by atoms with van der Waals surface area (Å²) in [4.78, 5) is 11.2. The first-order chi connectivity index (χ1) is 19.1. The van der Waals surface area contributed by atoms with Crippen LogP contribution in [0.15, 0.2) is 71.9 Å². The molecule has 0 unspecified atom stereocenters. The Kier molecular flexibility index (Phi) is 22.4. The molecular formula is C28H39F6N5O. The monoisotopic (exact) mass is 575 g/mol. The number of nitrogens with one attached hydrogen (secondary N) is 1. The van der Waals surface area contributed by atoms with Gasteiger partial charge in [0, 0.05) is 26.1 Å². The molecule has 0 aliphatic heterocycles. The molecular weight excluding hydrogens is 536 g/mol. The molecule has 2 aromatic heterocycles. The Morgan fingerprint density at radius 3 is 2.38 bits per heavy atom. The van der Waals surface area contributed by atoms with Gasteiger partial charge in [0.05, 0.1) is 38.4 Å². The number of hydrogen-bond donors (Lipinski definition) is 2. The molecule has 0 amide bonds. The molecule has 0 spiro atoms. The second-order valence-corrected chi connectivity index (χ2v) is 7.92. The van der Waals surface area contributed by atoms with Gasteiger partial charge in [-0.15, -0.1) is 0 Å². The average Bonchev–Trinajstić information content (AvgIpc) is 2.93. The summed E-state index contributed by atoms with van der Waals surface area (Å²) in [6.07, 6.45) is 7.18. The number of aryl methyl sites for hydroxylation is 1. The van der Waals surface area contributed by atoms with E-state index in [-0.39, 0.29) is 23.0 Å². The van der Waals surface area contributed by atoms with Crippen LogP contribution in [0.4, 0.5) is 32.2 Å². The second-order valence-electron chi connectivity index (χ2n) is 7.92. The highest BCUT2D eigenvalue weighted by Crippen LogP contribution is 2.35. The van der Waals surface area contributed by atoms with E-state index in [1.165, 1.54) is 31.5 Å². The molecule has 0 saturated carbocycles. The topological polar surface area (TPSA) is 85.4 Å². The molecule has 0 aliphatic rings. The average molecular weight is 576 g/mol. The predicted octanol–water partition coefficient (Wildman–Crippen LogP) is 7.44. The van der Waals surface area contributed by atoms with Crippen molar-refractivity contribution in [2.75, 3.05) is 40.4 Å². The number of nitrogens with zero attached hydrogens (tertiary/aromatic N) is 3. The molecule has 0 bridgehead atoms. The SMILES string of the molecule is CF.CF.CN=C/C(F)=C\C=C\N/C=C/CCOCC(C)C.Cc1ccc(-c2ncccc2C(F)(F)F)nc1N. The van der Waals surface area contributed by atoms with Gasteiger partial charge in [-0.3, -0.25) is 18.8 Å². The molecule has 0 radical (unpaired) electrons. The van der Waals surface area contributed by atoms with Crippen LogP contribution in [0.5, 0.6) is 0 Å². The van der Waals surface area contributed by atoms with Crippen molar-refractivity contribution in [3.8, 4) is 11.4 Å². The van der Waals surface area contributed by atoms with Gasteiger partial charge in [0.1, 0.15) is 17.3 Å². The van der Waals surface area contributed by atoms with Crippen molar-refractivity contribution in [1.82, 2.24) is 15.3 Å². The Morgan fingerprint density at radius 1 is 1.12 bits per heavy atom. The van der Waals surface area contributed by atoms with Crippen LogP contribution in [0.3, 0.4) is 0 Å². The zero-order valence-corrected chi connectivity index (χ0v) is 23.6. The van der Waals surface area contributed by atoms with Crippen LogP contribution in [0, 0.1) is 12.8 Å². The number of nitrogens with two attached hydrogens (primary N) is 1. The number of hydrogen-bond acceptors (Lipinski definition) is 6. The Morgan fingerprint density at radius 2 is 1.80 bits per heavy atom. The second kappa shape index (κ2) is 23.2. The Balaban J connectivity index is 0. The van der Waals surface area contributed by atoms with Gasteiger partial charge in [0.2, 0.25) is 0 Å². The fourth-order valence-electron chi connectivity index (χ4n) is 2.55. The number of aliphatic imine (C=N–C) groups is 1. The van der Waals surface area contributed by atoms with Crippen LogP contribution in [0.25, 0.3) is 11.4 Å². The molecule has 2 aromatic rings. The van der Waals surface area contributed by atoms with Gasteiger partial charge >= 0.3 is 6.18 Å². The number of anilines is 1. The first kappa shape index (κ1) is 38.5. The summed E-state index contributed by atoms with van der Waals surface area (Å²) in [5.74, 6) is 0.399. The summed E-state index contributed by atoms with van der Waals surface area (Å²) < 4.78 is 75.6. The third-order valence-corrected chi connectivity index (χ3v) is 4.29. The van der Waals surface area contributed by atoms with E-state index in [0.717, 1.165) is 31.9 Å². The number of rotatable bonds is 10. The van der Waals surface area contributed by atoms with Crippen LogP contribution in [-0.4, -0.2) is 50.8 Å². The van der Waals surface area contributed by atoms with E-state index in [1.807, 2.05) is 6.08 Å². The minimum absolute atomic E-state index is 0.117. The lowest BCUT2D eigenvalue weighted by Gasteiger charge is -2.11. The molecule has 2 rings (SSSR count). The number of ether oxygens (including phenoxy) is 1. The maximum atomic E-state index is 12.8. The van der Waals surface area contributed by atoms with E-state index in [4.69, 9.17) is 10.5 Å². The normalized spacial score (nSPS) is 11.6. The van der Waals surface area contributed by atoms with Crippen molar-refractivity contribution in [3.63, 3.8) is 0 Å². The smallest absolute Gasteiger partial charge is 0.383 e. The maximum absolute atomic E-state index is 12.8. The van der Waals surface area contributed by atoms with Gasteiger partial charge in [-0.2, -0.15) is 13.2 Å². The first-order valence-corrected chi connectivity index (χ1v) is 12.0. The van der Waals surface area contributed by atoms with Gasteiger partial charge in [0.25, 0.3) is 0 Å². The van der Waals surface area contributed by atoms with Crippen molar-refractivity contribution in [3.05, 3.63) is 78.0 Å². The summed E-state index contributed by atoms with van der Waals surface area (Å²) in [5, 5.41) is 2.91. The molecule has 0 atom stereocenters. The number of nitrogen functional groups attached to an aromatic ring is 1. The highest BCUT2D eigenvalue weighted by Gasteiger charge is 2.34. The van der Waals surface area contributed by atoms with Crippen molar-refractivity contribution < 1.29 is 31.1 Å². The number of alkyl halides is 5. The minimum Gasteiger partial charge on any atom is -0.383 e. The lowest BCUT2D eigenvalue weighted by atomic mass is 10.1. The van der Waals surface area contributed by atoms with Gasteiger partial charge in [-0.25, -0.2) is 9.37 Å². The molecule has 0 aromatic carbocycles. The summed E-state index contributed by atoms with van der Waals surface area (Å²) in [7, 11) is 2.53. The molecule has 6 nitrogen and oxygen atoms in total. The van der Waals surface area contributed by atoms with Crippen molar-refractivity contribution in [1.29, 1.82) is 0 Å². The first-order valence-electron chi connectivity index (χ1n) is 12.0. The zero-order chi connectivity index (χ0) is 31.0. The molecule has 224 valence electrons. The van der Waals surface area contributed by atoms with E-state index >= 15 is 0 Å². The van der Waals surface area contributed by atoms with Crippen LogP contribution >= 0.6 is 0 Å². The summed E-state index contributed by atoms with van der Waals surface area (Å²) in [6.45, 7) is 7.50. The summed E-state index contributed by atoms with van der Waals surface area (Å²) in [6, 6.07) is 5.31. The zero-order valence-electron chi connectivity index (χ0n) is 23.6. The third-order valence-electron chi connectivity index (χ3n) is 4.29. The van der Waals surface area contributed by atoms with E-state index in [9.17, 15) is 26.3 Å². The number of pyridine rings is 2. The van der Waals surface area contributed by atoms with Gasteiger partial charge < -0.3 is 15.8 Å². The third kappa shape index (κ3) is 17.8. The van der Waals surface area contributed by atoms with Crippen LogP contribution in [-0.2, 0) is 10.9 Å². The fraction of sp³-hybridized carbons (Fsp3) is 0.393. The highest BCUT2D eigenvalue weighted by atomic mass is 19.4. The van der Waals surface area contributed by atoms with Gasteiger partial charge in [0.15, 0.2) is 0 Å². The Labute approximate surface area is 232 Å². The van der Waals surface area contributed by atoms with E-state index in [1.54, 1.807) is 31.5 Å². The maximum Gasteiger partial charge on any atom is 0.418 e. The van der Waals surface area contributed by atoms with E-state index in [2.05, 4.69) is 34.1 Å². The lowest BCUT2D eigenvalue weighted by molar-refractivity contribution is -0.137. The molecule has 2 heterocycles. The van der Waals surface area contributed by atoms with Crippen LogP contribution in [0.1, 0.15) is 31.4 Å². The quantitative estimate of drug-likeness (QED) is 0.133. The number of halogens is 6. The van der Waals surface area contributed by atoms with Crippen LogP contribution < -0.4 is 11.1 Å². The van der Waals surface area contributed by atoms with Gasteiger partial charge in [-0.05, 0) is 61.4 Å². The summed E-state index contributed by atoms with van der Waals surface area (Å²) in [5.41, 5.74) is 5.39. The molecule has 12 heteroatoms. The van der Waals surface area contributed by atoms with Gasteiger partial charge in [-0.1, -0.05) is 26.0 Å². The van der Waals surface area contributed by atoms with E-state index in [0.29, 0.717) is 25.8 Å². The predicted molar refractivity (Wildman–Crippen MR) is 151 cm³/mol. The lowest BCUT2D eigenvalue weighted by Crippen LogP contribution is -2.09. The van der Waals surface area contributed by atoms with Crippen molar-refractivity contribution >= 4 is 12.0 Å². The molecule has 0 aliphatic carbocycles. The van der Waals surface area contributed by atoms with Crippen LogP contribution in [0.2, 0.25) is 0 Å². The standard InChI is InChI=1S/C14H23FN2O.C12H10F3N3.2CH3F/c1-13(2)12-18-10-5-4-8-17-9-6-7-14(15)11-16-3;1-7-4-5-9(18-11(7)16)10-8(12(13,14)15)3-2-6-17-10;2*1-2/h4,6-9,11,13,17H,5,10,12H2,1-3H3;2-6H,1H3,(H2,16,18);2*1H3/b8-4+,9-6+,14-7+,16-11?;;;. The molecule has 0 saturated heterocycles. The molecule has 0 fully saturated rings. The van der Waals surface area contributed by atoms with E-state index < -0.39 is 11.7 Å². The van der Waals surface area contributed by atoms with Crippen molar-refractivity contribution in [2.45, 2.75) is 33.4 Å². The molecule has 3 N–H and O–H groups in total. The van der Waals surface area contributed by atoms with Crippen molar-refractivity contribution in [2.24, 2.45) is 10.9 Å². The largest absolute Gasteiger partial charge is 0.418 e. The Bertz CT molecular complexity index is 1050. The minimum atomic E-state index is -4.47. The fourth-order valence-corrected chi connectivity index (χ4v) is 2.55. The highest BCUT2D eigenvalue weighted by molar-refractivity contribution is 5.75. The summed E-state index contributed by atoms with van der Waals surface area (Å²) >= 11 is 0. The number of aromatic nitrogens is 2.